The lowest BCUT2D eigenvalue weighted by molar-refractivity contribution is 0.102. The fourth-order valence-electron chi connectivity index (χ4n) is 3.26. The molecule has 1 aliphatic rings. The molecule has 0 spiro atoms. The summed E-state index contributed by atoms with van der Waals surface area (Å²) in [7, 11) is -2.37. The Labute approximate surface area is 175 Å². The zero-order chi connectivity index (χ0) is 21.2. The van der Waals surface area contributed by atoms with Gasteiger partial charge >= 0.3 is 0 Å². The van der Waals surface area contributed by atoms with Crippen molar-refractivity contribution in [2.45, 2.75) is 56.9 Å². The van der Waals surface area contributed by atoms with Gasteiger partial charge in [0.2, 0.25) is 15.2 Å². The first-order valence-corrected chi connectivity index (χ1v) is 11.8. The second-order valence-electron chi connectivity index (χ2n) is 7.38. The van der Waals surface area contributed by atoms with E-state index < -0.39 is 15.9 Å². The van der Waals surface area contributed by atoms with Crippen LogP contribution in [0.15, 0.2) is 23.1 Å². The van der Waals surface area contributed by atoms with Crippen molar-refractivity contribution >= 4 is 32.4 Å². The Kier molecular flexibility index (Phi) is 6.55. The maximum absolute atomic E-state index is 13.3. The molecule has 3 rings (SSSR count). The summed E-state index contributed by atoms with van der Waals surface area (Å²) in [5.74, 6) is -0.0120. The highest BCUT2D eigenvalue weighted by Crippen LogP contribution is 2.32. The summed E-state index contributed by atoms with van der Waals surface area (Å²) >= 11 is 1.30. The molecule has 1 amide bonds. The number of amides is 1. The van der Waals surface area contributed by atoms with Crippen LogP contribution in [0, 0.1) is 0 Å². The van der Waals surface area contributed by atoms with Crippen molar-refractivity contribution in [3.8, 4) is 5.75 Å². The third kappa shape index (κ3) is 4.59. The molecule has 0 saturated carbocycles. The molecule has 8 nitrogen and oxygen atoms in total. The molecule has 0 aliphatic carbocycles. The lowest BCUT2D eigenvalue weighted by Gasteiger charge is -2.32. The SMILES string of the molecule is COc1ccc(C(=O)Nc2nnc(C(C)C)s2)cc1S(=O)(=O)N1CCCC[C@@H]1C. The molecule has 1 aliphatic heterocycles. The van der Waals surface area contributed by atoms with E-state index in [-0.39, 0.29) is 28.2 Å². The number of hydrogen-bond donors (Lipinski definition) is 1. The molecule has 29 heavy (non-hydrogen) atoms. The smallest absolute Gasteiger partial charge is 0.257 e. The predicted octanol–water partition coefficient (Wildman–Crippen LogP) is 3.49. The largest absolute Gasteiger partial charge is 0.495 e. The summed E-state index contributed by atoms with van der Waals surface area (Å²) in [5.41, 5.74) is 0.218. The maximum atomic E-state index is 13.3. The van der Waals surface area contributed by atoms with Gasteiger partial charge in [-0.05, 0) is 38.0 Å². The van der Waals surface area contributed by atoms with Gasteiger partial charge in [-0.1, -0.05) is 31.6 Å². The molecule has 1 aromatic heterocycles. The molecular weight excluding hydrogens is 412 g/mol. The first-order chi connectivity index (χ1) is 13.7. The molecule has 2 heterocycles. The topological polar surface area (TPSA) is 101 Å². The van der Waals surface area contributed by atoms with E-state index in [2.05, 4.69) is 15.5 Å². The number of hydrogen-bond acceptors (Lipinski definition) is 7. The van der Waals surface area contributed by atoms with Crippen LogP contribution in [0.4, 0.5) is 5.13 Å². The zero-order valence-corrected chi connectivity index (χ0v) is 18.6. The summed E-state index contributed by atoms with van der Waals surface area (Å²) in [4.78, 5) is 12.7. The molecule has 0 radical (unpaired) electrons. The molecular formula is C19H26N4O4S2. The Morgan fingerprint density at radius 2 is 2.07 bits per heavy atom. The highest BCUT2D eigenvalue weighted by molar-refractivity contribution is 7.89. The number of sulfonamides is 1. The minimum absolute atomic E-state index is 0.00142. The summed E-state index contributed by atoms with van der Waals surface area (Å²) in [6, 6.07) is 4.33. The van der Waals surface area contributed by atoms with Crippen molar-refractivity contribution in [2.75, 3.05) is 19.0 Å². The Hall–Kier alpha value is -2.04. The van der Waals surface area contributed by atoms with Crippen molar-refractivity contribution in [3.05, 3.63) is 28.8 Å². The molecule has 1 N–H and O–H groups in total. The summed E-state index contributed by atoms with van der Waals surface area (Å²) < 4.78 is 33.3. The van der Waals surface area contributed by atoms with Gasteiger partial charge < -0.3 is 4.74 Å². The van der Waals surface area contributed by atoms with E-state index in [0.717, 1.165) is 24.3 Å². The zero-order valence-electron chi connectivity index (χ0n) is 17.0. The van der Waals surface area contributed by atoms with Crippen LogP contribution < -0.4 is 10.1 Å². The number of carbonyl (C=O) groups is 1. The lowest BCUT2D eigenvalue weighted by atomic mass is 10.1. The van der Waals surface area contributed by atoms with Crippen LogP contribution >= 0.6 is 11.3 Å². The third-order valence-electron chi connectivity index (χ3n) is 4.91. The monoisotopic (exact) mass is 438 g/mol. The fourth-order valence-corrected chi connectivity index (χ4v) is 5.89. The number of aromatic nitrogens is 2. The standard InChI is InChI=1S/C19H26N4O4S2/c1-12(2)18-21-22-19(28-18)20-17(24)14-8-9-15(27-4)16(11-14)29(25,26)23-10-6-5-7-13(23)3/h8-9,11-13H,5-7,10H2,1-4H3,(H,20,22,24)/t13-/m0/s1. The number of anilines is 1. The van der Waals surface area contributed by atoms with E-state index in [4.69, 9.17) is 4.74 Å². The Balaban J connectivity index is 1.90. The molecule has 1 aromatic carbocycles. The van der Waals surface area contributed by atoms with Crippen molar-refractivity contribution in [3.63, 3.8) is 0 Å². The minimum atomic E-state index is -3.79. The van der Waals surface area contributed by atoms with E-state index in [1.54, 1.807) is 0 Å². The highest BCUT2D eigenvalue weighted by atomic mass is 32.2. The molecule has 10 heteroatoms. The van der Waals surface area contributed by atoms with Gasteiger partial charge in [-0.15, -0.1) is 10.2 Å². The van der Waals surface area contributed by atoms with Crippen LogP contribution in [-0.4, -0.2) is 48.5 Å². The number of carbonyl (C=O) groups excluding carboxylic acids is 1. The number of piperidine rings is 1. The van der Waals surface area contributed by atoms with Crippen molar-refractivity contribution in [1.82, 2.24) is 14.5 Å². The highest BCUT2D eigenvalue weighted by Gasteiger charge is 2.33. The van der Waals surface area contributed by atoms with Crippen LogP contribution in [-0.2, 0) is 10.0 Å². The maximum Gasteiger partial charge on any atom is 0.257 e. The van der Waals surface area contributed by atoms with E-state index in [9.17, 15) is 13.2 Å². The first kappa shape index (κ1) is 21.7. The lowest BCUT2D eigenvalue weighted by Crippen LogP contribution is -2.42. The second kappa shape index (κ2) is 8.76. The van der Waals surface area contributed by atoms with Gasteiger partial charge in [-0.25, -0.2) is 8.42 Å². The molecule has 0 bridgehead atoms. The van der Waals surface area contributed by atoms with Crippen LogP contribution in [0.3, 0.4) is 0 Å². The Morgan fingerprint density at radius 3 is 2.69 bits per heavy atom. The van der Waals surface area contributed by atoms with Crippen LogP contribution in [0.5, 0.6) is 5.75 Å². The third-order valence-corrected chi connectivity index (χ3v) is 8.08. The van der Waals surface area contributed by atoms with Gasteiger partial charge in [0.05, 0.1) is 7.11 Å². The number of ether oxygens (including phenoxy) is 1. The number of methoxy groups -OCH3 is 1. The van der Waals surface area contributed by atoms with Crippen LogP contribution in [0.1, 0.15) is 61.3 Å². The summed E-state index contributed by atoms with van der Waals surface area (Å²) in [6.07, 6.45) is 2.64. The average molecular weight is 439 g/mol. The molecule has 1 atom stereocenters. The molecule has 0 unspecified atom stereocenters. The van der Waals surface area contributed by atoms with Crippen LogP contribution in [0.25, 0.3) is 0 Å². The van der Waals surface area contributed by atoms with Gasteiger partial charge in [0, 0.05) is 24.1 Å². The number of nitrogens with zero attached hydrogens (tertiary/aromatic N) is 3. The van der Waals surface area contributed by atoms with Crippen molar-refractivity contribution < 1.29 is 17.9 Å². The van der Waals surface area contributed by atoms with Gasteiger partial charge in [0.15, 0.2) is 0 Å². The second-order valence-corrected chi connectivity index (χ2v) is 10.2. The number of benzene rings is 1. The van der Waals surface area contributed by atoms with Gasteiger partial charge in [0.1, 0.15) is 15.7 Å². The normalized spacial score (nSPS) is 18.0. The summed E-state index contributed by atoms with van der Waals surface area (Å²) in [5, 5.41) is 11.9. The fraction of sp³-hybridized carbons (Fsp3) is 0.526. The van der Waals surface area contributed by atoms with Crippen LogP contribution in [0.2, 0.25) is 0 Å². The van der Waals surface area contributed by atoms with E-state index in [1.807, 2.05) is 20.8 Å². The first-order valence-electron chi connectivity index (χ1n) is 9.58. The van der Waals surface area contributed by atoms with E-state index in [1.165, 1.54) is 41.0 Å². The quantitative estimate of drug-likeness (QED) is 0.741. The van der Waals surface area contributed by atoms with E-state index in [0.29, 0.717) is 11.7 Å². The summed E-state index contributed by atoms with van der Waals surface area (Å²) in [6.45, 7) is 6.36. The predicted molar refractivity (Wildman–Crippen MR) is 112 cm³/mol. The van der Waals surface area contributed by atoms with Gasteiger partial charge in [0.25, 0.3) is 5.91 Å². The van der Waals surface area contributed by atoms with Crippen molar-refractivity contribution in [2.24, 2.45) is 0 Å². The molecule has 1 fully saturated rings. The minimum Gasteiger partial charge on any atom is -0.495 e. The van der Waals surface area contributed by atoms with Gasteiger partial charge in [-0.3, -0.25) is 10.1 Å². The average Bonchev–Trinajstić information content (AvgIpc) is 3.16. The Morgan fingerprint density at radius 1 is 1.31 bits per heavy atom. The number of nitrogens with one attached hydrogen (secondary N) is 1. The van der Waals surface area contributed by atoms with Gasteiger partial charge in [-0.2, -0.15) is 4.31 Å². The molecule has 1 saturated heterocycles. The number of rotatable bonds is 6. The van der Waals surface area contributed by atoms with E-state index >= 15 is 0 Å². The molecule has 158 valence electrons. The Bertz CT molecular complexity index is 988. The van der Waals surface area contributed by atoms with Crippen molar-refractivity contribution in [1.29, 1.82) is 0 Å². The molecule has 2 aromatic rings.